The van der Waals surface area contributed by atoms with Crippen molar-refractivity contribution >= 4 is 0 Å². The molecule has 0 heterocycles. The summed E-state index contributed by atoms with van der Waals surface area (Å²) in [5.41, 5.74) is 0. The van der Waals surface area contributed by atoms with Crippen LogP contribution in [0.1, 0.15) is 58.8 Å². The van der Waals surface area contributed by atoms with Crippen LogP contribution in [0, 0.1) is 0 Å². The number of hydrogen-bond acceptors (Lipinski definition) is 0. The third-order valence-electron chi connectivity index (χ3n) is 1.31. The lowest BCUT2D eigenvalue weighted by atomic mass is 10.2. The molecule has 0 N–H and O–H groups in total. The van der Waals surface area contributed by atoms with Crippen LogP contribution >= 0.6 is 0 Å². The fourth-order valence-corrected chi connectivity index (χ4v) is 0.500. The van der Waals surface area contributed by atoms with Gasteiger partial charge in [0, 0.05) is 0 Å². The zero-order valence-corrected chi connectivity index (χ0v) is 6.95. The average molecular weight is 128 g/mol. The second-order valence-electron chi connectivity index (χ2n) is 2.77. The van der Waals surface area contributed by atoms with E-state index in [1.165, 1.54) is 44.9 Å². The van der Waals surface area contributed by atoms with E-state index in [9.17, 15) is 0 Å². The van der Waals surface area contributed by atoms with Crippen LogP contribution in [0.15, 0.2) is 0 Å². The molecule has 1 fully saturated rings. The first-order valence-electron chi connectivity index (χ1n) is 4.41. The molecule has 0 amide bonds. The van der Waals surface area contributed by atoms with E-state index in [1.807, 2.05) is 0 Å². The summed E-state index contributed by atoms with van der Waals surface area (Å²) in [7, 11) is 0. The first-order valence-corrected chi connectivity index (χ1v) is 4.41. The van der Waals surface area contributed by atoms with Gasteiger partial charge in [-0.1, -0.05) is 58.8 Å². The molecule has 0 nitrogen and oxygen atoms in total. The second kappa shape index (κ2) is 8.00. The van der Waals surface area contributed by atoms with E-state index in [-0.39, 0.29) is 0 Å². The Bertz CT molecular complexity index is 30.5. The molecule has 0 bridgehead atoms. The highest BCUT2D eigenvalue weighted by atomic mass is 14.0. The Labute approximate surface area is 59.7 Å². The van der Waals surface area contributed by atoms with E-state index in [1.54, 1.807) is 0 Å². The molecule has 9 heavy (non-hydrogen) atoms. The maximum atomic E-state index is 2.23. The number of rotatable bonds is 3. The smallest absolute Gasteiger partial charge is 0.0533 e. The van der Waals surface area contributed by atoms with Gasteiger partial charge in [-0.2, -0.15) is 0 Å². The van der Waals surface area contributed by atoms with Crippen LogP contribution in [0.25, 0.3) is 0 Å². The van der Waals surface area contributed by atoms with E-state index in [2.05, 4.69) is 13.8 Å². The van der Waals surface area contributed by atoms with Crippen molar-refractivity contribution in [3.05, 3.63) is 0 Å². The Kier molecular flexibility index (Phi) is 8.00. The lowest BCUT2D eigenvalue weighted by Crippen LogP contribution is -1.66. The monoisotopic (exact) mass is 128 g/mol. The molecule has 0 unspecified atom stereocenters. The van der Waals surface area contributed by atoms with Crippen LogP contribution in [-0.2, 0) is 0 Å². The van der Waals surface area contributed by atoms with Gasteiger partial charge in [-0.3, -0.25) is 0 Å². The first-order chi connectivity index (χ1) is 4.41. The van der Waals surface area contributed by atoms with Crippen molar-refractivity contribution in [1.82, 2.24) is 0 Å². The van der Waals surface area contributed by atoms with Gasteiger partial charge in [-0.25, -0.2) is 0 Å². The Hall–Kier alpha value is 0. The summed E-state index contributed by atoms with van der Waals surface area (Å²) in [5, 5.41) is 0. The quantitative estimate of drug-likeness (QED) is 0.508. The van der Waals surface area contributed by atoms with E-state index in [0.717, 1.165) is 0 Å². The van der Waals surface area contributed by atoms with E-state index < -0.39 is 0 Å². The molecule has 0 aromatic heterocycles. The summed E-state index contributed by atoms with van der Waals surface area (Å²) in [6, 6.07) is 0. The molecular formula is C9H20. The van der Waals surface area contributed by atoms with Gasteiger partial charge in [-0.15, -0.1) is 0 Å². The first kappa shape index (κ1) is 9.00. The van der Waals surface area contributed by atoms with Crippen molar-refractivity contribution in [2.24, 2.45) is 0 Å². The van der Waals surface area contributed by atoms with E-state index in [0.29, 0.717) is 0 Å². The summed E-state index contributed by atoms with van der Waals surface area (Å²) in [6.07, 6.45) is 10.0. The molecule has 0 atom stereocenters. The molecule has 1 aliphatic rings. The molecular weight excluding hydrogens is 108 g/mol. The fraction of sp³-hybridized carbons (Fsp3) is 1.00. The van der Waals surface area contributed by atoms with Gasteiger partial charge in [0.05, 0.1) is 0 Å². The zero-order valence-electron chi connectivity index (χ0n) is 6.95. The van der Waals surface area contributed by atoms with Crippen LogP contribution in [0.4, 0.5) is 0 Å². The van der Waals surface area contributed by atoms with Crippen LogP contribution in [-0.4, -0.2) is 0 Å². The average Bonchev–Trinajstić information content (AvgIpc) is 2.67. The van der Waals surface area contributed by atoms with Crippen molar-refractivity contribution in [2.75, 3.05) is 0 Å². The lowest BCUT2D eigenvalue weighted by Gasteiger charge is -1.86. The van der Waals surface area contributed by atoms with Gasteiger partial charge in [0.15, 0.2) is 0 Å². The molecule has 0 heteroatoms. The van der Waals surface area contributed by atoms with Gasteiger partial charge in [0.25, 0.3) is 0 Å². The fourth-order valence-electron chi connectivity index (χ4n) is 0.500. The topological polar surface area (TPSA) is 0 Å². The SMILES string of the molecule is C1CC1.CCCCCC. The molecule has 1 rings (SSSR count). The third-order valence-corrected chi connectivity index (χ3v) is 1.31. The Morgan fingerprint density at radius 1 is 0.778 bits per heavy atom. The molecule has 1 saturated carbocycles. The highest BCUT2D eigenvalue weighted by molar-refractivity contribution is 4.50. The van der Waals surface area contributed by atoms with E-state index >= 15 is 0 Å². The number of unbranched alkanes of at least 4 members (excludes halogenated alkanes) is 3. The van der Waals surface area contributed by atoms with Crippen LogP contribution in [0.2, 0.25) is 0 Å². The van der Waals surface area contributed by atoms with Gasteiger partial charge >= 0.3 is 0 Å². The third kappa shape index (κ3) is 18.0. The lowest BCUT2D eigenvalue weighted by molar-refractivity contribution is 0.702. The van der Waals surface area contributed by atoms with Crippen molar-refractivity contribution in [1.29, 1.82) is 0 Å². The summed E-state index contributed by atoms with van der Waals surface area (Å²) in [6.45, 7) is 4.46. The molecule has 0 aromatic rings. The van der Waals surface area contributed by atoms with Crippen molar-refractivity contribution in [2.45, 2.75) is 58.8 Å². The van der Waals surface area contributed by atoms with Gasteiger partial charge in [0.2, 0.25) is 0 Å². The minimum Gasteiger partial charge on any atom is -0.0654 e. The highest BCUT2D eigenvalue weighted by Gasteiger charge is 1.95. The van der Waals surface area contributed by atoms with Crippen LogP contribution in [0.3, 0.4) is 0 Å². The summed E-state index contributed by atoms with van der Waals surface area (Å²) in [4.78, 5) is 0. The maximum absolute atomic E-state index is 2.23. The van der Waals surface area contributed by atoms with Crippen LogP contribution in [0.5, 0.6) is 0 Å². The minimum atomic E-state index is 1.36. The van der Waals surface area contributed by atoms with E-state index in [4.69, 9.17) is 0 Å². The van der Waals surface area contributed by atoms with Crippen molar-refractivity contribution < 1.29 is 0 Å². The Morgan fingerprint density at radius 3 is 1.22 bits per heavy atom. The number of hydrogen-bond donors (Lipinski definition) is 0. The molecule has 0 aliphatic heterocycles. The van der Waals surface area contributed by atoms with Gasteiger partial charge < -0.3 is 0 Å². The summed E-state index contributed by atoms with van der Waals surface area (Å²) < 4.78 is 0. The predicted octanol–water partition coefficient (Wildman–Crippen LogP) is 3.76. The Balaban J connectivity index is 0.000000173. The molecule has 0 saturated heterocycles. The molecule has 1 aliphatic carbocycles. The maximum Gasteiger partial charge on any atom is -0.0533 e. The van der Waals surface area contributed by atoms with Gasteiger partial charge in [0.1, 0.15) is 0 Å². The molecule has 56 valence electrons. The summed E-state index contributed by atoms with van der Waals surface area (Å²) in [5.74, 6) is 0. The summed E-state index contributed by atoms with van der Waals surface area (Å²) >= 11 is 0. The predicted molar refractivity (Wildman–Crippen MR) is 43.7 cm³/mol. The standard InChI is InChI=1S/C6H14.C3H6/c1-3-5-6-4-2;1-2-3-1/h3-6H2,1-2H3;1-3H2. The van der Waals surface area contributed by atoms with Crippen molar-refractivity contribution in [3.8, 4) is 0 Å². The normalized spacial score (nSPS) is 14.0. The van der Waals surface area contributed by atoms with Crippen molar-refractivity contribution in [3.63, 3.8) is 0 Å². The zero-order chi connectivity index (χ0) is 6.95. The second-order valence-corrected chi connectivity index (χ2v) is 2.77. The molecule has 0 aromatic carbocycles. The Morgan fingerprint density at radius 2 is 1.11 bits per heavy atom. The minimum absolute atomic E-state index is 1.36. The van der Waals surface area contributed by atoms with Gasteiger partial charge in [-0.05, 0) is 0 Å². The molecule has 0 radical (unpaired) electrons. The molecule has 0 spiro atoms. The van der Waals surface area contributed by atoms with Crippen LogP contribution < -0.4 is 0 Å². The highest BCUT2D eigenvalue weighted by Crippen LogP contribution is 2.14. The largest absolute Gasteiger partial charge is 0.0654 e.